The zero-order chi connectivity index (χ0) is 19.4. The summed E-state index contributed by atoms with van der Waals surface area (Å²) in [5, 5.41) is 2.94. The van der Waals surface area contributed by atoms with Gasteiger partial charge >= 0.3 is 0 Å². The zero-order valence-corrected chi connectivity index (χ0v) is 16.2. The number of aryl methyl sites for hydroxylation is 3. The summed E-state index contributed by atoms with van der Waals surface area (Å²) in [4.78, 5) is 23.8. The van der Waals surface area contributed by atoms with Gasteiger partial charge in [0.1, 0.15) is 5.69 Å². The van der Waals surface area contributed by atoms with Crippen LogP contribution < -0.4 is 10.2 Å². The minimum atomic E-state index is -0.239. The Balaban J connectivity index is 1.93. The molecule has 0 bridgehead atoms. The number of aromatic nitrogens is 2. The second kappa shape index (κ2) is 7.99. The fourth-order valence-electron chi connectivity index (χ4n) is 2.92. The highest BCUT2D eigenvalue weighted by molar-refractivity contribution is 6.03. The molecule has 138 valence electrons. The zero-order valence-electron chi connectivity index (χ0n) is 16.2. The van der Waals surface area contributed by atoms with Gasteiger partial charge in [-0.05, 0) is 63.1 Å². The minimum absolute atomic E-state index is 0.239. The first kappa shape index (κ1) is 18.6. The van der Waals surface area contributed by atoms with Crippen molar-refractivity contribution in [1.29, 1.82) is 0 Å². The third-order valence-corrected chi connectivity index (χ3v) is 4.34. The van der Waals surface area contributed by atoms with Crippen LogP contribution in [0.2, 0.25) is 0 Å². The number of rotatable bonds is 5. The molecule has 3 aromatic rings. The molecule has 0 aliphatic carbocycles. The normalized spacial score (nSPS) is 10.5. The molecule has 1 aromatic heterocycles. The largest absolute Gasteiger partial charge is 0.320 e. The summed E-state index contributed by atoms with van der Waals surface area (Å²) >= 11 is 0. The molecule has 3 rings (SSSR count). The molecular formula is C22H24N4O. The molecule has 0 saturated heterocycles. The van der Waals surface area contributed by atoms with Crippen LogP contribution in [0.25, 0.3) is 0 Å². The van der Waals surface area contributed by atoms with Gasteiger partial charge in [0.2, 0.25) is 5.95 Å². The van der Waals surface area contributed by atoms with E-state index in [9.17, 15) is 4.79 Å². The van der Waals surface area contributed by atoms with E-state index in [4.69, 9.17) is 0 Å². The Morgan fingerprint density at radius 1 is 1.00 bits per heavy atom. The van der Waals surface area contributed by atoms with E-state index in [1.807, 2.05) is 62.1 Å². The lowest BCUT2D eigenvalue weighted by atomic mass is 10.2. The van der Waals surface area contributed by atoms with Crippen LogP contribution in [0.1, 0.15) is 34.2 Å². The smallest absolute Gasteiger partial charge is 0.274 e. The van der Waals surface area contributed by atoms with Crippen LogP contribution in [0.5, 0.6) is 0 Å². The van der Waals surface area contributed by atoms with E-state index >= 15 is 0 Å². The number of nitrogens with one attached hydrogen (secondary N) is 1. The van der Waals surface area contributed by atoms with Gasteiger partial charge < -0.3 is 10.2 Å². The van der Waals surface area contributed by atoms with Gasteiger partial charge in [-0.15, -0.1) is 0 Å². The Hall–Kier alpha value is -3.21. The summed E-state index contributed by atoms with van der Waals surface area (Å²) in [7, 11) is 0. The number of nitrogens with zero attached hydrogens (tertiary/aromatic N) is 3. The molecule has 0 saturated carbocycles. The third-order valence-electron chi connectivity index (χ3n) is 4.34. The van der Waals surface area contributed by atoms with Gasteiger partial charge in [0.15, 0.2) is 0 Å². The Morgan fingerprint density at radius 2 is 1.78 bits per heavy atom. The minimum Gasteiger partial charge on any atom is -0.320 e. The Kier molecular flexibility index (Phi) is 5.50. The molecule has 0 aliphatic heterocycles. The van der Waals surface area contributed by atoms with Crippen LogP contribution in [-0.2, 0) is 0 Å². The molecule has 2 aromatic carbocycles. The Labute approximate surface area is 160 Å². The molecule has 1 heterocycles. The molecule has 5 heteroatoms. The maximum atomic E-state index is 12.8. The highest BCUT2D eigenvalue weighted by atomic mass is 16.1. The predicted molar refractivity (Wildman–Crippen MR) is 110 cm³/mol. The van der Waals surface area contributed by atoms with Crippen molar-refractivity contribution >= 4 is 23.2 Å². The first-order valence-corrected chi connectivity index (χ1v) is 9.05. The van der Waals surface area contributed by atoms with Crippen molar-refractivity contribution in [2.45, 2.75) is 27.7 Å². The van der Waals surface area contributed by atoms with Gasteiger partial charge in [-0.1, -0.05) is 30.3 Å². The van der Waals surface area contributed by atoms with E-state index in [0.29, 0.717) is 18.2 Å². The standard InChI is InChI=1S/C22H24N4O/c1-5-26(18-11-8-9-15(2)13-18)22-23-17(4)14-20(25-22)21(27)24-19-12-7-6-10-16(19)3/h6-14H,5H2,1-4H3,(H,24,27). The number of para-hydroxylation sites is 1. The van der Waals surface area contributed by atoms with Crippen LogP contribution >= 0.6 is 0 Å². The number of benzene rings is 2. The van der Waals surface area contributed by atoms with Gasteiger partial charge in [0, 0.05) is 23.6 Å². The van der Waals surface area contributed by atoms with Gasteiger partial charge in [-0.3, -0.25) is 4.79 Å². The Bertz CT molecular complexity index is 968. The van der Waals surface area contributed by atoms with Gasteiger partial charge in [0.05, 0.1) is 0 Å². The lowest BCUT2D eigenvalue weighted by molar-refractivity contribution is 0.102. The molecule has 0 unspecified atom stereocenters. The molecule has 0 fully saturated rings. The summed E-state index contributed by atoms with van der Waals surface area (Å²) in [6, 6.07) is 17.6. The predicted octanol–water partition coefficient (Wildman–Crippen LogP) is 4.81. The van der Waals surface area contributed by atoms with E-state index in [1.165, 1.54) is 0 Å². The van der Waals surface area contributed by atoms with Crippen LogP contribution in [-0.4, -0.2) is 22.4 Å². The van der Waals surface area contributed by atoms with E-state index in [1.54, 1.807) is 6.07 Å². The number of hydrogen-bond donors (Lipinski definition) is 1. The third kappa shape index (κ3) is 4.31. The number of carbonyl (C=O) groups excluding carboxylic acids is 1. The molecule has 0 spiro atoms. The monoisotopic (exact) mass is 360 g/mol. The quantitative estimate of drug-likeness (QED) is 0.709. The maximum Gasteiger partial charge on any atom is 0.274 e. The van der Waals surface area contributed by atoms with Gasteiger partial charge in [-0.2, -0.15) is 0 Å². The highest BCUT2D eigenvalue weighted by Gasteiger charge is 2.16. The van der Waals surface area contributed by atoms with E-state index in [-0.39, 0.29) is 5.91 Å². The van der Waals surface area contributed by atoms with Gasteiger partial charge in [-0.25, -0.2) is 9.97 Å². The van der Waals surface area contributed by atoms with Crippen molar-refractivity contribution in [2.24, 2.45) is 0 Å². The van der Waals surface area contributed by atoms with Crippen molar-refractivity contribution in [3.05, 3.63) is 77.1 Å². The van der Waals surface area contributed by atoms with Crippen LogP contribution in [0, 0.1) is 20.8 Å². The Morgan fingerprint density at radius 3 is 2.48 bits per heavy atom. The van der Waals surface area contributed by atoms with Crippen molar-refractivity contribution < 1.29 is 4.79 Å². The van der Waals surface area contributed by atoms with Crippen molar-refractivity contribution in [2.75, 3.05) is 16.8 Å². The first-order valence-electron chi connectivity index (χ1n) is 9.05. The topological polar surface area (TPSA) is 58.1 Å². The molecule has 0 aliphatic rings. The summed E-state index contributed by atoms with van der Waals surface area (Å²) in [5.74, 6) is 0.286. The summed E-state index contributed by atoms with van der Waals surface area (Å²) in [6.07, 6.45) is 0. The molecule has 5 nitrogen and oxygen atoms in total. The molecule has 0 atom stereocenters. The number of carbonyl (C=O) groups is 1. The van der Waals surface area contributed by atoms with Crippen molar-refractivity contribution in [3.63, 3.8) is 0 Å². The van der Waals surface area contributed by atoms with Crippen molar-refractivity contribution in [3.8, 4) is 0 Å². The van der Waals surface area contributed by atoms with Crippen LogP contribution in [0.3, 0.4) is 0 Å². The molecule has 1 N–H and O–H groups in total. The second-order valence-electron chi connectivity index (χ2n) is 6.55. The van der Waals surface area contributed by atoms with E-state index in [0.717, 1.165) is 28.2 Å². The first-order chi connectivity index (χ1) is 13.0. The maximum absolute atomic E-state index is 12.8. The molecule has 0 radical (unpaired) electrons. The SMILES string of the molecule is CCN(c1cccc(C)c1)c1nc(C)cc(C(=O)Nc2ccccc2C)n1. The van der Waals surface area contributed by atoms with Crippen LogP contribution in [0.4, 0.5) is 17.3 Å². The second-order valence-corrected chi connectivity index (χ2v) is 6.55. The fourth-order valence-corrected chi connectivity index (χ4v) is 2.92. The summed E-state index contributed by atoms with van der Waals surface area (Å²) < 4.78 is 0. The average Bonchev–Trinajstić information content (AvgIpc) is 2.64. The lowest BCUT2D eigenvalue weighted by Crippen LogP contribution is -2.22. The van der Waals surface area contributed by atoms with E-state index < -0.39 is 0 Å². The number of anilines is 3. The fraction of sp³-hybridized carbons (Fsp3) is 0.227. The van der Waals surface area contributed by atoms with Gasteiger partial charge in [0.25, 0.3) is 5.91 Å². The van der Waals surface area contributed by atoms with E-state index in [2.05, 4.69) is 34.3 Å². The lowest BCUT2D eigenvalue weighted by Gasteiger charge is -2.22. The number of hydrogen-bond acceptors (Lipinski definition) is 4. The number of amides is 1. The van der Waals surface area contributed by atoms with Crippen LogP contribution in [0.15, 0.2) is 54.6 Å². The molecular weight excluding hydrogens is 336 g/mol. The summed E-state index contributed by atoms with van der Waals surface area (Å²) in [6.45, 7) is 8.63. The molecule has 1 amide bonds. The molecule has 27 heavy (non-hydrogen) atoms. The average molecular weight is 360 g/mol. The van der Waals surface area contributed by atoms with Crippen molar-refractivity contribution in [1.82, 2.24) is 9.97 Å². The summed E-state index contributed by atoms with van der Waals surface area (Å²) in [5.41, 5.74) is 5.07. The highest BCUT2D eigenvalue weighted by Crippen LogP contribution is 2.24.